The van der Waals surface area contributed by atoms with Crippen molar-refractivity contribution in [1.82, 2.24) is 5.32 Å². The zero-order valence-electron chi connectivity index (χ0n) is 13.2. The van der Waals surface area contributed by atoms with E-state index in [1.165, 1.54) is 11.1 Å². The Morgan fingerprint density at radius 1 is 1.38 bits per heavy atom. The van der Waals surface area contributed by atoms with Gasteiger partial charge in [-0.05, 0) is 56.0 Å². The smallest absolute Gasteiger partial charge is 0.308 e. The maximum absolute atomic E-state index is 12.1. The van der Waals surface area contributed by atoms with Gasteiger partial charge in [0.2, 0.25) is 0 Å². The third-order valence-corrected chi connectivity index (χ3v) is 4.15. The van der Waals surface area contributed by atoms with E-state index in [9.17, 15) is 4.79 Å². The van der Waals surface area contributed by atoms with Crippen molar-refractivity contribution in [2.24, 2.45) is 0 Å². The number of hydrogen-bond donors (Lipinski definition) is 1. The molecule has 1 aromatic carbocycles. The van der Waals surface area contributed by atoms with E-state index in [0.717, 1.165) is 31.6 Å². The van der Waals surface area contributed by atoms with Crippen molar-refractivity contribution in [2.75, 3.05) is 20.3 Å². The van der Waals surface area contributed by atoms with E-state index in [1.54, 1.807) is 7.11 Å². The molecule has 4 nitrogen and oxygen atoms in total. The summed E-state index contributed by atoms with van der Waals surface area (Å²) >= 11 is 0. The van der Waals surface area contributed by atoms with Gasteiger partial charge < -0.3 is 14.8 Å². The second-order valence-corrected chi connectivity index (χ2v) is 5.47. The Morgan fingerprint density at radius 2 is 2.19 bits per heavy atom. The molecule has 0 aromatic heterocycles. The molecule has 1 aliphatic rings. The van der Waals surface area contributed by atoms with Gasteiger partial charge in [-0.25, -0.2) is 0 Å². The summed E-state index contributed by atoms with van der Waals surface area (Å²) in [7, 11) is 1.67. The average molecular weight is 291 g/mol. The first-order valence-corrected chi connectivity index (χ1v) is 7.73. The first-order valence-electron chi connectivity index (χ1n) is 7.73. The van der Waals surface area contributed by atoms with Crippen LogP contribution in [0.4, 0.5) is 0 Å². The molecule has 1 unspecified atom stereocenters. The topological polar surface area (TPSA) is 47.6 Å². The molecule has 0 saturated carbocycles. The van der Waals surface area contributed by atoms with E-state index >= 15 is 0 Å². The lowest BCUT2D eigenvalue weighted by Crippen LogP contribution is -2.46. The van der Waals surface area contributed by atoms with E-state index < -0.39 is 0 Å². The van der Waals surface area contributed by atoms with Crippen LogP contribution in [0.1, 0.15) is 44.2 Å². The second-order valence-electron chi connectivity index (χ2n) is 5.47. The number of hydrogen-bond acceptors (Lipinski definition) is 4. The highest BCUT2D eigenvalue weighted by molar-refractivity contribution is 5.71. The van der Waals surface area contributed by atoms with Crippen LogP contribution in [0, 0.1) is 0 Å². The van der Waals surface area contributed by atoms with Crippen molar-refractivity contribution >= 4 is 5.97 Å². The highest BCUT2D eigenvalue weighted by Gasteiger charge is 2.38. The predicted octanol–water partition coefficient (Wildman–Crippen LogP) is 2.79. The van der Waals surface area contributed by atoms with Crippen LogP contribution in [0.5, 0.6) is 5.75 Å². The Morgan fingerprint density at radius 3 is 2.86 bits per heavy atom. The van der Waals surface area contributed by atoms with Gasteiger partial charge in [-0.2, -0.15) is 0 Å². The number of ether oxygens (including phenoxy) is 2. The zero-order chi connectivity index (χ0) is 15.3. The molecule has 0 saturated heterocycles. The SMILES string of the molecule is CCNC1(CC(=O)OCC)CCCc2ccc(OC)cc21. The lowest BCUT2D eigenvalue weighted by Gasteiger charge is -2.39. The number of benzene rings is 1. The molecule has 0 spiro atoms. The minimum absolute atomic E-state index is 0.144. The summed E-state index contributed by atoms with van der Waals surface area (Å²) in [6, 6.07) is 6.17. The van der Waals surface area contributed by atoms with Gasteiger partial charge in [0.05, 0.1) is 25.7 Å². The zero-order valence-corrected chi connectivity index (χ0v) is 13.2. The number of esters is 1. The summed E-state index contributed by atoms with van der Waals surface area (Å²) in [5.74, 6) is 0.691. The molecular formula is C17H25NO3. The number of carbonyl (C=O) groups excluding carboxylic acids is 1. The first-order chi connectivity index (χ1) is 10.1. The van der Waals surface area contributed by atoms with Crippen LogP contribution >= 0.6 is 0 Å². The third kappa shape index (κ3) is 3.38. The summed E-state index contributed by atoms with van der Waals surface area (Å²) < 4.78 is 10.5. The summed E-state index contributed by atoms with van der Waals surface area (Å²) in [6.07, 6.45) is 3.44. The van der Waals surface area contributed by atoms with Gasteiger partial charge in [-0.1, -0.05) is 13.0 Å². The lowest BCUT2D eigenvalue weighted by atomic mass is 9.74. The molecule has 1 aliphatic carbocycles. The average Bonchev–Trinajstić information content (AvgIpc) is 2.48. The molecule has 2 rings (SSSR count). The molecular weight excluding hydrogens is 266 g/mol. The summed E-state index contributed by atoms with van der Waals surface area (Å²) in [4.78, 5) is 12.1. The Bertz CT molecular complexity index is 501. The largest absolute Gasteiger partial charge is 0.497 e. The van der Waals surface area contributed by atoms with E-state index in [0.29, 0.717) is 13.0 Å². The first kappa shape index (κ1) is 15.8. The Balaban J connectivity index is 2.40. The fraction of sp³-hybridized carbons (Fsp3) is 0.588. The monoisotopic (exact) mass is 291 g/mol. The van der Waals surface area contributed by atoms with E-state index in [4.69, 9.17) is 9.47 Å². The van der Waals surface area contributed by atoms with E-state index in [2.05, 4.69) is 24.4 Å². The minimum atomic E-state index is -0.330. The number of nitrogens with one attached hydrogen (secondary N) is 1. The molecule has 116 valence electrons. The number of aryl methyl sites for hydroxylation is 1. The Hall–Kier alpha value is -1.55. The van der Waals surface area contributed by atoms with Crippen molar-refractivity contribution in [3.8, 4) is 5.75 Å². The molecule has 0 aliphatic heterocycles. The number of carbonyl (C=O) groups is 1. The number of methoxy groups -OCH3 is 1. The molecule has 1 atom stereocenters. The quantitative estimate of drug-likeness (QED) is 0.819. The number of fused-ring (bicyclic) bond motifs is 1. The van der Waals surface area contributed by atoms with Gasteiger partial charge in [0.25, 0.3) is 0 Å². The van der Waals surface area contributed by atoms with Crippen LogP contribution in [0.25, 0.3) is 0 Å². The maximum atomic E-state index is 12.1. The van der Waals surface area contributed by atoms with Crippen molar-refractivity contribution in [1.29, 1.82) is 0 Å². The van der Waals surface area contributed by atoms with Gasteiger partial charge in [-0.3, -0.25) is 4.79 Å². The van der Waals surface area contributed by atoms with Gasteiger partial charge in [0.1, 0.15) is 5.75 Å². The van der Waals surface area contributed by atoms with Gasteiger partial charge >= 0.3 is 5.97 Å². The highest BCUT2D eigenvalue weighted by Crippen LogP contribution is 2.40. The van der Waals surface area contributed by atoms with Crippen molar-refractivity contribution in [3.63, 3.8) is 0 Å². The number of rotatable bonds is 6. The van der Waals surface area contributed by atoms with Crippen LogP contribution in [0.3, 0.4) is 0 Å². The molecule has 1 N–H and O–H groups in total. The van der Waals surface area contributed by atoms with Crippen molar-refractivity contribution in [3.05, 3.63) is 29.3 Å². The van der Waals surface area contributed by atoms with Gasteiger partial charge in [-0.15, -0.1) is 0 Å². The fourth-order valence-electron chi connectivity index (χ4n) is 3.29. The maximum Gasteiger partial charge on any atom is 0.308 e. The van der Waals surface area contributed by atoms with E-state index in [1.807, 2.05) is 13.0 Å². The van der Waals surface area contributed by atoms with E-state index in [-0.39, 0.29) is 11.5 Å². The fourth-order valence-corrected chi connectivity index (χ4v) is 3.29. The molecule has 1 aromatic rings. The molecule has 0 bridgehead atoms. The van der Waals surface area contributed by atoms with Gasteiger partial charge in [0.15, 0.2) is 0 Å². The normalized spacial score (nSPS) is 20.7. The molecule has 0 radical (unpaired) electrons. The van der Waals surface area contributed by atoms with Crippen LogP contribution in [-0.4, -0.2) is 26.2 Å². The second kappa shape index (κ2) is 6.94. The summed E-state index contributed by atoms with van der Waals surface area (Å²) in [6.45, 7) is 5.15. The van der Waals surface area contributed by atoms with Crippen LogP contribution in [0.15, 0.2) is 18.2 Å². The van der Waals surface area contributed by atoms with Crippen molar-refractivity contribution < 1.29 is 14.3 Å². The molecule has 0 amide bonds. The third-order valence-electron chi connectivity index (χ3n) is 4.15. The summed E-state index contributed by atoms with van der Waals surface area (Å²) in [5, 5.41) is 3.54. The van der Waals surface area contributed by atoms with Crippen LogP contribution in [0.2, 0.25) is 0 Å². The molecule has 4 heteroatoms. The minimum Gasteiger partial charge on any atom is -0.497 e. The van der Waals surface area contributed by atoms with Gasteiger partial charge in [0, 0.05) is 0 Å². The molecule has 21 heavy (non-hydrogen) atoms. The predicted molar refractivity (Wildman–Crippen MR) is 82.5 cm³/mol. The van der Waals surface area contributed by atoms with Crippen LogP contribution < -0.4 is 10.1 Å². The Labute approximate surface area is 126 Å². The summed E-state index contributed by atoms with van der Waals surface area (Å²) in [5.41, 5.74) is 2.15. The van der Waals surface area contributed by atoms with Crippen molar-refractivity contribution in [2.45, 2.75) is 45.1 Å². The lowest BCUT2D eigenvalue weighted by molar-refractivity contribution is -0.145. The molecule has 0 fully saturated rings. The Kier molecular flexibility index (Phi) is 5.23. The van der Waals surface area contributed by atoms with Crippen LogP contribution in [-0.2, 0) is 21.5 Å². The highest BCUT2D eigenvalue weighted by atomic mass is 16.5. The standard InChI is InChI=1S/C17H25NO3/c1-4-18-17(12-16(19)21-5-2)10-6-7-13-8-9-14(20-3)11-15(13)17/h8-9,11,18H,4-7,10,12H2,1-3H3. The molecule has 0 heterocycles.